The molecule has 0 aromatic heterocycles. The lowest BCUT2D eigenvalue weighted by molar-refractivity contribution is 1.36. The molecule has 0 heterocycles. The lowest BCUT2D eigenvalue weighted by Gasteiger charge is -1.91. The molecule has 2 heteroatoms. The zero-order valence-electron chi connectivity index (χ0n) is 6.50. The maximum atomic E-state index is 8.27. The van der Waals surface area contributed by atoms with Crippen LogP contribution < -0.4 is 0 Å². The van der Waals surface area contributed by atoms with Gasteiger partial charge in [0.05, 0.1) is 12.5 Å². The molecule has 0 unspecified atom stereocenters. The van der Waals surface area contributed by atoms with Gasteiger partial charge in [-0.25, -0.2) is 0 Å². The molecule has 0 aliphatic heterocycles. The van der Waals surface area contributed by atoms with Crippen molar-refractivity contribution in [1.29, 1.82) is 5.26 Å². The molecule has 0 fully saturated rings. The molecule has 0 N–H and O–H groups in total. The Kier molecular flexibility index (Phi) is 3.37. The highest BCUT2D eigenvalue weighted by Crippen LogP contribution is 2.10. The third-order valence-corrected chi connectivity index (χ3v) is 1.64. The summed E-state index contributed by atoms with van der Waals surface area (Å²) in [5.41, 5.74) is 1.06. The molecule has 0 saturated carbocycles. The zero-order chi connectivity index (χ0) is 8.81. The van der Waals surface area contributed by atoms with E-state index in [-0.39, 0.29) is 0 Å². The van der Waals surface area contributed by atoms with Crippen molar-refractivity contribution in [2.75, 3.05) is 0 Å². The second-order valence-corrected chi connectivity index (χ2v) is 2.75. The molecule has 0 bridgehead atoms. The fraction of sp³-hybridized carbons (Fsp3) is 0.100. The maximum absolute atomic E-state index is 8.27. The predicted octanol–water partition coefficient (Wildman–Crippen LogP) is 3.27. The van der Waals surface area contributed by atoms with Gasteiger partial charge in [-0.2, -0.15) is 5.26 Å². The Labute approximate surface area is 76.9 Å². The van der Waals surface area contributed by atoms with Crippen molar-refractivity contribution in [2.24, 2.45) is 0 Å². The summed E-state index contributed by atoms with van der Waals surface area (Å²) in [7, 11) is 0. The van der Waals surface area contributed by atoms with Gasteiger partial charge in [-0.15, -0.1) is 0 Å². The molecule has 0 aliphatic rings. The van der Waals surface area contributed by atoms with Crippen molar-refractivity contribution < 1.29 is 0 Å². The molecule has 0 radical (unpaired) electrons. The minimum absolute atomic E-state index is 0.447. The van der Waals surface area contributed by atoms with E-state index in [1.807, 2.05) is 42.5 Å². The van der Waals surface area contributed by atoms with Gasteiger partial charge in [-0.05, 0) is 17.7 Å². The molecule has 0 spiro atoms. The molecule has 0 saturated heterocycles. The van der Waals surface area contributed by atoms with Crippen molar-refractivity contribution >= 4 is 17.7 Å². The van der Waals surface area contributed by atoms with Crippen LogP contribution >= 0.6 is 11.6 Å². The first-order chi connectivity index (χ1) is 5.83. The fourth-order valence-corrected chi connectivity index (χ4v) is 0.948. The van der Waals surface area contributed by atoms with Gasteiger partial charge in [0.1, 0.15) is 0 Å². The first-order valence-corrected chi connectivity index (χ1v) is 4.00. The normalized spacial score (nSPS) is 10.0. The van der Waals surface area contributed by atoms with Gasteiger partial charge in [0.15, 0.2) is 0 Å². The van der Waals surface area contributed by atoms with Crippen molar-refractivity contribution in [3.05, 3.63) is 40.9 Å². The third kappa shape index (κ3) is 2.77. The molecular weight excluding hydrogens is 170 g/mol. The summed E-state index contributed by atoms with van der Waals surface area (Å²) in [6.45, 7) is 0. The second kappa shape index (κ2) is 4.58. The van der Waals surface area contributed by atoms with E-state index in [1.54, 1.807) is 0 Å². The number of hydrogen-bond donors (Lipinski definition) is 0. The molecule has 60 valence electrons. The van der Waals surface area contributed by atoms with E-state index in [1.165, 1.54) is 0 Å². The topological polar surface area (TPSA) is 23.8 Å². The summed E-state index contributed by atoms with van der Waals surface area (Å²) in [6, 6.07) is 9.52. The van der Waals surface area contributed by atoms with Crippen LogP contribution in [0.3, 0.4) is 0 Å². The maximum Gasteiger partial charge on any atom is 0.0663 e. The largest absolute Gasteiger partial charge is 0.198 e. The number of nitriles is 1. The fourth-order valence-electron chi connectivity index (χ4n) is 0.822. The Bertz CT molecular complexity index is 306. The van der Waals surface area contributed by atoms with Crippen LogP contribution in [0.2, 0.25) is 5.02 Å². The van der Waals surface area contributed by atoms with Gasteiger partial charge >= 0.3 is 0 Å². The quantitative estimate of drug-likeness (QED) is 0.680. The first kappa shape index (κ1) is 8.83. The number of rotatable bonds is 2. The van der Waals surface area contributed by atoms with Crippen LogP contribution in [0.5, 0.6) is 0 Å². The molecule has 12 heavy (non-hydrogen) atoms. The summed E-state index contributed by atoms with van der Waals surface area (Å²) in [6.07, 6.45) is 4.17. The van der Waals surface area contributed by atoms with E-state index in [2.05, 4.69) is 0 Å². The Balaban J connectivity index is 2.66. The summed E-state index contributed by atoms with van der Waals surface area (Å²) < 4.78 is 0. The average Bonchev–Trinajstić information content (AvgIpc) is 2.09. The molecule has 0 atom stereocenters. The second-order valence-electron chi connectivity index (χ2n) is 2.32. The van der Waals surface area contributed by atoms with E-state index >= 15 is 0 Å². The van der Waals surface area contributed by atoms with Crippen molar-refractivity contribution in [3.63, 3.8) is 0 Å². The highest BCUT2D eigenvalue weighted by atomic mass is 35.5. The van der Waals surface area contributed by atoms with Crippen molar-refractivity contribution in [1.82, 2.24) is 0 Å². The van der Waals surface area contributed by atoms with Crippen molar-refractivity contribution in [3.8, 4) is 6.07 Å². The van der Waals surface area contributed by atoms with Crippen molar-refractivity contribution in [2.45, 2.75) is 6.42 Å². The Morgan fingerprint density at radius 2 is 2.00 bits per heavy atom. The van der Waals surface area contributed by atoms with E-state index in [0.717, 1.165) is 10.6 Å². The standard InChI is InChI=1S/C10H8ClN/c11-10-6-4-9(5-7-10)3-1-2-8-12/h1,3-7H,2H2. The molecule has 1 aromatic rings. The van der Waals surface area contributed by atoms with Crippen LogP contribution in [0.1, 0.15) is 12.0 Å². The van der Waals surface area contributed by atoms with Crippen LogP contribution in [-0.2, 0) is 0 Å². The minimum Gasteiger partial charge on any atom is -0.198 e. The number of hydrogen-bond acceptors (Lipinski definition) is 1. The minimum atomic E-state index is 0.447. The van der Waals surface area contributed by atoms with E-state index in [4.69, 9.17) is 16.9 Å². The smallest absolute Gasteiger partial charge is 0.0663 e. The van der Waals surface area contributed by atoms with Gasteiger partial charge in [0.2, 0.25) is 0 Å². The number of nitrogens with zero attached hydrogens (tertiary/aromatic N) is 1. The van der Waals surface area contributed by atoms with Gasteiger partial charge in [0, 0.05) is 5.02 Å². The molecule has 0 aliphatic carbocycles. The van der Waals surface area contributed by atoms with Crippen LogP contribution in [0.15, 0.2) is 30.3 Å². The Hall–Kier alpha value is -1.26. The lowest BCUT2D eigenvalue weighted by Crippen LogP contribution is -1.69. The number of benzene rings is 1. The Morgan fingerprint density at radius 1 is 1.33 bits per heavy atom. The number of halogens is 1. The van der Waals surface area contributed by atoms with E-state index in [9.17, 15) is 0 Å². The van der Waals surface area contributed by atoms with E-state index in [0.29, 0.717) is 6.42 Å². The summed E-state index contributed by atoms with van der Waals surface area (Å²) in [5, 5.41) is 9.00. The number of allylic oxidation sites excluding steroid dienone is 1. The Morgan fingerprint density at radius 3 is 2.58 bits per heavy atom. The third-order valence-electron chi connectivity index (χ3n) is 1.39. The lowest BCUT2D eigenvalue weighted by atomic mass is 10.2. The highest BCUT2D eigenvalue weighted by Gasteiger charge is 1.86. The molecule has 1 nitrogen and oxygen atoms in total. The monoisotopic (exact) mass is 177 g/mol. The SMILES string of the molecule is N#CCC=Cc1ccc(Cl)cc1. The van der Waals surface area contributed by atoms with Gasteiger partial charge in [0.25, 0.3) is 0 Å². The van der Waals surface area contributed by atoms with Crippen LogP contribution in [-0.4, -0.2) is 0 Å². The van der Waals surface area contributed by atoms with Crippen LogP contribution in [0.4, 0.5) is 0 Å². The van der Waals surface area contributed by atoms with Crippen LogP contribution in [0, 0.1) is 11.3 Å². The van der Waals surface area contributed by atoms with Gasteiger partial charge in [-0.3, -0.25) is 0 Å². The summed E-state index contributed by atoms with van der Waals surface area (Å²) in [4.78, 5) is 0. The summed E-state index contributed by atoms with van der Waals surface area (Å²) >= 11 is 5.70. The first-order valence-electron chi connectivity index (χ1n) is 3.62. The molecule has 0 amide bonds. The molecule has 1 aromatic carbocycles. The highest BCUT2D eigenvalue weighted by molar-refractivity contribution is 6.30. The van der Waals surface area contributed by atoms with Gasteiger partial charge in [-0.1, -0.05) is 35.9 Å². The van der Waals surface area contributed by atoms with E-state index < -0.39 is 0 Å². The molecular formula is C10H8ClN. The predicted molar refractivity (Wildman–Crippen MR) is 50.7 cm³/mol. The summed E-state index contributed by atoms with van der Waals surface area (Å²) in [5.74, 6) is 0. The van der Waals surface area contributed by atoms with Gasteiger partial charge < -0.3 is 0 Å². The average molecular weight is 178 g/mol. The molecule has 1 rings (SSSR count). The van der Waals surface area contributed by atoms with Crippen LogP contribution in [0.25, 0.3) is 6.08 Å². The zero-order valence-corrected chi connectivity index (χ0v) is 7.25.